The van der Waals surface area contributed by atoms with E-state index in [-0.39, 0.29) is 5.41 Å². The van der Waals surface area contributed by atoms with Gasteiger partial charge in [0, 0.05) is 12.1 Å². The molecule has 0 aromatic heterocycles. The Bertz CT molecular complexity index is 433. The molecular weight excluding hydrogens is 250 g/mol. The Morgan fingerprint density at radius 2 is 2.00 bits per heavy atom. The van der Waals surface area contributed by atoms with Gasteiger partial charge in [-0.15, -0.1) is 0 Å². The number of methoxy groups -OCH3 is 1. The van der Waals surface area contributed by atoms with Crippen molar-refractivity contribution in [1.29, 1.82) is 0 Å². The summed E-state index contributed by atoms with van der Waals surface area (Å²) in [6.45, 7) is 9.34. The second-order valence-electron chi connectivity index (χ2n) is 6.61. The maximum atomic E-state index is 5.95. The fourth-order valence-corrected chi connectivity index (χ4v) is 2.21. The zero-order valence-electron chi connectivity index (χ0n) is 13.2. The lowest BCUT2D eigenvalue weighted by Gasteiger charge is -2.23. The molecule has 0 spiro atoms. The van der Waals surface area contributed by atoms with Crippen LogP contribution in [0.5, 0.6) is 11.5 Å². The molecule has 1 saturated carbocycles. The lowest BCUT2D eigenvalue weighted by Crippen LogP contribution is -2.24. The maximum Gasteiger partial charge on any atom is 0.123 e. The van der Waals surface area contributed by atoms with E-state index in [1.807, 2.05) is 12.1 Å². The van der Waals surface area contributed by atoms with Crippen LogP contribution in [0, 0.1) is 5.92 Å². The van der Waals surface area contributed by atoms with Gasteiger partial charge < -0.3 is 14.8 Å². The average molecular weight is 277 g/mol. The lowest BCUT2D eigenvalue weighted by molar-refractivity contribution is 0.304. The largest absolute Gasteiger partial charge is 0.497 e. The van der Waals surface area contributed by atoms with Gasteiger partial charge in [-0.2, -0.15) is 0 Å². The first-order valence-corrected chi connectivity index (χ1v) is 7.53. The van der Waals surface area contributed by atoms with Gasteiger partial charge in [0.25, 0.3) is 0 Å². The van der Waals surface area contributed by atoms with Gasteiger partial charge in [-0.1, -0.05) is 20.8 Å². The second-order valence-corrected chi connectivity index (χ2v) is 6.61. The van der Waals surface area contributed by atoms with Gasteiger partial charge in [-0.05, 0) is 48.9 Å². The van der Waals surface area contributed by atoms with Gasteiger partial charge in [-0.25, -0.2) is 0 Å². The molecule has 1 aromatic rings. The van der Waals surface area contributed by atoms with Crippen LogP contribution in [0.3, 0.4) is 0 Å². The van der Waals surface area contributed by atoms with Crippen LogP contribution in [0.4, 0.5) is 0 Å². The molecule has 1 N–H and O–H groups in total. The molecule has 1 aliphatic carbocycles. The summed E-state index contributed by atoms with van der Waals surface area (Å²) in [5, 5.41) is 3.45. The first-order valence-electron chi connectivity index (χ1n) is 7.53. The first-order chi connectivity index (χ1) is 9.50. The summed E-state index contributed by atoms with van der Waals surface area (Å²) in [4.78, 5) is 0. The van der Waals surface area contributed by atoms with Crippen molar-refractivity contribution in [1.82, 2.24) is 5.32 Å². The molecule has 1 aliphatic rings. The highest BCUT2D eigenvalue weighted by atomic mass is 16.5. The van der Waals surface area contributed by atoms with E-state index >= 15 is 0 Å². The van der Waals surface area contributed by atoms with E-state index in [4.69, 9.17) is 9.47 Å². The van der Waals surface area contributed by atoms with Crippen molar-refractivity contribution in [2.75, 3.05) is 26.8 Å². The van der Waals surface area contributed by atoms with Crippen LogP contribution >= 0.6 is 0 Å². The van der Waals surface area contributed by atoms with Gasteiger partial charge in [0.2, 0.25) is 0 Å². The van der Waals surface area contributed by atoms with Crippen molar-refractivity contribution >= 4 is 0 Å². The van der Waals surface area contributed by atoms with Crippen molar-refractivity contribution in [3.63, 3.8) is 0 Å². The lowest BCUT2D eigenvalue weighted by atomic mass is 9.86. The molecule has 3 heteroatoms. The summed E-state index contributed by atoms with van der Waals surface area (Å²) >= 11 is 0. The van der Waals surface area contributed by atoms with Crippen molar-refractivity contribution in [3.05, 3.63) is 23.8 Å². The molecule has 0 saturated heterocycles. The highest BCUT2D eigenvalue weighted by molar-refractivity contribution is 5.44. The van der Waals surface area contributed by atoms with E-state index in [0.717, 1.165) is 30.5 Å². The molecule has 20 heavy (non-hydrogen) atoms. The number of hydrogen-bond donors (Lipinski definition) is 1. The van der Waals surface area contributed by atoms with Crippen LogP contribution in [0.15, 0.2) is 18.2 Å². The summed E-state index contributed by atoms with van der Waals surface area (Å²) in [5.41, 5.74) is 1.24. The minimum Gasteiger partial charge on any atom is -0.497 e. The fourth-order valence-electron chi connectivity index (χ4n) is 2.21. The fraction of sp³-hybridized carbons (Fsp3) is 0.647. The van der Waals surface area contributed by atoms with E-state index in [1.165, 1.54) is 18.4 Å². The number of benzene rings is 1. The van der Waals surface area contributed by atoms with Crippen molar-refractivity contribution in [2.24, 2.45) is 5.92 Å². The molecule has 0 bridgehead atoms. The van der Waals surface area contributed by atoms with Crippen LogP contribution in [0.25, 0.3) is 0 Å². The Balaban J connectivity index is 1.91. The molecule has 112 valence electrons. The molecule has 3 nitrogen and oxygen atoms in total. The quantitative estimate of drug-likeness (QED) is 0.775. The van der Waals surface area contributed by atoms with Crippen LogP contribution in [-0.2, 0) is 5.41 Å². The summed E-state index contributed by atoms with van der Waals surface area (Å²) < 4.78 is 11.3. The summed E-state index contributed by atoms with van der Waals surface area (Å²) in [7, 11) is 1.70. The smallest absolute Gasteiger partial charge is 0.123 e. The van der Waals surface area contributed by atoms with Crippen LogP contribution in [-0.4, -0.2) is 26.8 Å². The Labute approximate surface area is 122 Å². The molecule has 0 heterocycles. The Morgan fingerprint density at radius 1 is 1.25 bits per heavy atom. The number of nitrogens with one attached hydrogen (secondary N) is 1. The molecule has 0 unspecified atom stereocenters. The van der Waals surface area contributed by atoms with Gasteiger partial charge in [0.05, 0.1) is 7.11 Å². The Hall–Kier alpha value is -1.22. The standard InChI is InChI=1S/C17H27NO2/c1-17(2,3)15-11-14(19-4)7-8-16(15)20-10-9-18-12-13-5-6-13/h7-8,11,13,18H,5-6,9-10,12H2,1-4H3. The molecule has 0 atom stereocenters. The van der Waals surface area contributed by atoms with Crippen molar-refractivity contribution in [3.8, 4) is 11.5 Å². The van der Waals surface area contributed by atoms with E-state index in [2.05, 4.69) is 32.2 Å². The topological polar surface area (TPSA) is 30.5 Å². The molecule has 1 fully saturated rings. The third-order valence-corrected chi connectivity index (χ3v) is 3.66. The van der Waals surface area contributed by atoms with Crippen LogP contribution in [0.1, 0.15) is 39.2 Å². The zero-order valence-corrected chi connectivity index (χ0v) is 13.2. The second kappa shape index (κ2) is 6.49. The molecule has 0 amide bonds. The van der Waals surface area contributed by atoms with E-state index in [9.17, 15) is 0 Å². The van der Waals surface area contributed by atoms with E-state index in [1.54, 1.807) is 7.11 Å². The van der Waals surface area contributed by atoms with Gasteiger partial charge in [0.1, 0.15) is 18.1 Å². The normalized spacial score (nSPS) is 15.2. The molecule has 2 rings (SSSR count). The molecule has 0 aliphatic heterocycles. The minimum atomic E-state index is 0.0469. The van der Waals surface area contributed by atoms with Gasteiger partial charge in [-0.3, -0.25) is 0 Å². The van der Waals surface area contributed by atoms with Crippen LogP contribution < -0.4 is 14.8 Å². The highest BCUT2D eigenvalue weighted by Crippen LogP contribution is 2.34. The van der Waals surface area contributed by atoms with Crippen molar-refractivity contribution < 1.29 is 9.47 Å². The first kappa shape index (κ1) is 15.2. The molecular formula is C17H27NO2. The van der Waals surface area contributed by atoms with Crippen LogP contribution in [0.2, 0.25) is 0 Å². The Kier molecular flexibility index (Phi) is 4.92. The third kappa shape index (κ3) is 4.41. The SMILES string of the molecule is COc1ccc(OCCNCC2CC2)c(C(C)(C)C)c1. The summed E-state index contributed by atoms with van der Waals surface area (Å²) in [6.07, 6.45) is 2.78. The highest BCUT2D eigenvalue weighted by Gasteiger charge is 2.21. The maximum absolute atomic E-state index is 5.95. The van der Waals surface area contributed by atoms with E-state index in [0.29, 0.717) is 6.61 Å². The van der Waals surface area contributed by atoms with E-state index < -0.39 is 0 Å². The predicted molar refractivity (Wildman–Crippen MR) is 82.8 cm³/mol. The molecule has 0 radical (unpaired) electrons. The third-order valence-electron chi connectivity index (χ3n) is 3.66. The summed E-state index contributed by atoms with van der Waals surface area (Å²) in [6, 6.07) is 6.05. The van der Waals surface area contributed by atoms with Gasteiger partial charge >= 0.3 is 0 Å². The summed E-state index contributed by atoms with van der Waals surface area (Å²) in [5.74, 6) is 2.77. The number of ether oxygens (including phenoxy) is 2. The minimum absolute atomic E-state index is 0.0469. The Morgan fingerprint density at radius 3 is 2.60 bits per heavy atom. The van der Waals surface area contributed by atoms with Gasteiger partial charge in [0.15, 0.2) is 0 Å². The average Bonchev–Trinajstić information content (AvgIpc) is 3.21. The number of rotatable bonds is 7. The monoisotopic (exact) mass is 277 g/mol. The predicted octanol–water partition coefficient (Wildman–Crippen LogP) is 3.37. The molecule has 1 aromatic carbocycles. The number of hydrogen-bond acceptors (Lipinski definition) is 3. The van der Waals surface area contributed by atoms with Crippen molar-refractivity contribution in [2.45, 2.75) is 39.0 Å². The zero-order chi connectivity index (χ0) is 14.6.